The summed E-state index contributed by atoms with van der Waals surface area (Å²) in [6, 6.07) is 14.7. The van der Waals surface area contributed by atoms with Gasteiger partial charge in [-0.1, -0.05) is 48.9 Å². The van der Waals surface area contributed by atoms with Crippen molar-refractivity contribution < 1.29 is 14.4 Å². The monoisotopic (exact) mass is 423 g/mol. The summed E-state index contributed by atoms with van der Waals surface area (Å²) in [6.45, 7) is 6.06. The lowest BCUT2D eigenvalue weighted by Gasteiger charge is -2.25. The van der Waals surface area contributed by atoms with Gasteiger partial charge in [0, 0.05) is 16.7 Å². The van der Waals surface area contributed by atoms with Gasteiger partial charge in [0.1, 0.15) is 12.1 Å². The van der Waals surface area contributed by atoms with Gasteiger partial charge in [-0.2, -0.15) is 0 Å². The molecule has 1 fully saturated rings. The summed E-state index contributed by atoms with van der Waals surface area (Å²) in [5, 5.41) is 3.16. The van der Waals surface area contributed by atoms with Crippen LogP contribution in [0.2, 0.25) is 0 Å². The zero-order valence-electron chi connectivity index (χ0n) is 17.3. The molecule has 2 atom stereocenters. The Morgan fingerprint density at radius 1 is 1.17 bits per heavy atom. The number of imide groups is 1. The van der Waals surface area contributed by atoms with E-state index in [1.54, 1.807) is 23.6 Å². The van der Waals surface area contributed by atoms with E-state index in [1.807, 2.05) is 55.5 Å². The summed E-state index contributed by atoms with van der Waals surface area (Å²) in [5.41, 5.74) is 1.43. The molecular formula is C23H25N3O3S. The Bertz CT molecular complexity index is 1010. The highest BCUT2D eigenvalue weighted by Gasteiger charge is 2.49. The predicted octanol–water partition coefficient (Wildman–Crippen LogP) is 3.68. The number of anilines is 1. The van der Waals surface area contributed by atoms with Crippen molar-refractivity contribution in [3.05, 3.63) is 59.7 Å². The largest absolute Gasteiger partial charge is 0.325 e. The third-order valence-corrected chi connectivity index (χ3v) is 6.98. The fourth-order valence-electron chi connectivity index (χ4n) is 3.89. The number of hydrogen-bond acceptors (Lipinski definition) is 4. The Hall–Kier alpha value is -2.80. The smallest absolute Gasteiger partial charge is 0.319 e. The first-order valence-electron chi connectivity index (χ1n) is 10.1. The van der Waals surface area contributed by atoms with Crippen LogP contribution >= 0.6 is 11.8 Å². The molecule has 2 aromatic rings. The van der Waals surface area contributed by atoms with Crippen LogP contribution in [0.4, 0.5) is 10.5 Å². The SMILES string of the molecule is Cc1ccc([C@@]2(C)NC(=O)N(CC(=O)N3CC[C@H](C)Sc4ccccc43)C2=O)cc1. The zero-order chi connectivity index (χ0) is 21.5. The van der Waals surface area contributed by atoms with Crippen LogP contribution in [0.15, 0.2) is 53.4 Å². The molecule has 0 saturated carbocycles. The lowest BCUT2D eigenvalue weighted by Crippen LogP contribution is -2.45. The predicted molar refractivity (Wildman–Crippen MR) is 118 cm³/mol. The maximum absolute atomic E-state index is 13.2. The molecule has 156 valence electrons. The molecule has 2 aliphatic rings. The number of urea groups is 1. The van der Waals surface area contributed by atoms with Crippen LogP contribution in [-0.2, 0) is 15.1 Å². The maximum atomic E-state index is 13.2. The molecule has 0 unspecified atom stereocenters. The first-order valence-corrected chi connectivity index (χ1v) is 10.9. The molecule has 4 rings (SSSR count). The van der Waals surface area contributed by atoms with Gasteiger partial charge in [0.25, 0.3) is 5.91 Å². The van der Waals surface area contributed by atoms with Gasteiger partial charge in [-0.05, 0) is 38.0 Å². The van der Waals surface area contributed by atoms with Crippen molar-refractivity contribution in [2.45, 2.75) is 42.9 Å². The van der Waals surface area contributed by atoms with Gasteiger partial charge >= 0.3 is 6.03 Å². The molecule has 0 radical (unpaired) electrons. The second kappa shape index (κ2) is 7.80. The van der Waals surface area contributed by atoms with E-state index < -0.39 is 17.5 Å². The molecule has 0 aromatic heterocycles. The summed E-state index contributed by atoms with van der Waals surface area (Å²) >= 11 is 1.74. The quantitative estimate of drug-likeness (QED) is 0.765. The lowest BCUT2D eigenvalue weighted by molar-refractivity contribution is -0.134. The summed E-state index contributed by atoms with van der Waals surface area (Å²) in [7, 11) is 0. The summed E-state index contributed by atoms with van der Waals surface area (Å²) in [5.74, 6) is -0.663. The minimum Gasteiger partial charge on any atom is -0.319 e. The van der Waals surface area contributed by atoms with E-state index in [0.717, 1.165) is 27.5 Å². The highest BCUT2D eigenvalue weighted by molar-refractivity contribution is 8.00. The van der Waals surface area contributed by atoms with Crippen LogP contribution in [-0.4, -0.2) is 41.1 Å². The Morgan fingerprint density at radius 2 is 1.87 bits per heavy atom. The standard InChI is InChI=1S/C23H25N3O3S/c1-15-8-10-17(11-9-15)23(3)21(28)26(22(29)24-23)14-20(27)25-13-12-16(2)30-19-7-5-4-6-18(19)25/h4-11,16H,12-14H2,1-3H3,(H,24,29)/t16-,23+/m0/s1. The third kappa shape index (κ3) is 3.58. The van der Waals surface area contributed by atoms with Crippen LogP contribution in [0.3, 0.4) is 0 Å². The fraction of sp³-hybridized carbons (Fsp3) is 0.348. The molecule has 0 bridgehead atoms. The van der Waals surface area contributed by atoms with E-state index >= 15 is 0 Å². The molecule has 30 heavy (non-hydrogen) atoms. The van der Waals surface area contributed by atoms with Gasteiger partial charge in [0.2, 0.25) is 5.91 Å². The number of carbonyl (C=O) groups is 3. The minimum atomic E-state index is -1.17. The second-order valence-electron chi connectivity index (χ2n) is 8.04. The number of amides is 4. The summed E-state index contributed by atoms with van der Waals surface area (Å²) in [6.07, 6.45) is 0.840. The van der Waals surface area contributed by atoms with Crippen LogP contribution in [0.1, 0.15) is 31.4 Å². The molecule has 6 nitrogen and oxygen atoms in total. The number of nitrogens with one attached hydrogen (secondary N) is 1. The fourth-order valence-corrected chi connectivity index (χ4v) is 5.00. The van der Waals surface area contributed by atoms with Crippen molar-refractivity contribution in [2.24, 2.45) is 0 Å². The number of benzene rings is 2. The molecule has 7 heteroatoms. The Balaban J connectivity index is 1.57. The van der Waals surface area contributed by atoms with Gasteiger partial charge in [-0.15, -0.1) is 11.8 Å². The van der Waals surface area contributed by atoms with E-state index in [4.69, 9.17) is 0 Å². The van der Waals surface area contributed by atoms with Crippen molar-refractivity contribution in [2.75, 3.05) is 18.0 Å². The lowest BCUT2D eigenvalue weighted by atomic mass is 9.91. The van der Waals surface area contributed by atoms with Crippen LogP contribution in [0.5, 0.6) is 0 Å². The number of hydrogen-bond donors (Lipinski definition) is 1. The van der Waals surface area contributed by atoms with Crippen molar-refractivity contribution in [1.82, 2.24) is 10.2 Å². The molecule has 1 N–H and O–H groups in total. The normalized spacial score (nSPS) is 23.8. The number of para-hydroxylation sites is 1. The van der Waals surface area contributed by atoms with Crippen LogP contribution in [0.25, 0.3) is 0 Å². The van der Waals surface area contributed by atoms with Crippen molar-refractivity contribution in [3.63, 3.8) is 0 Å². The molecule has 0 aliphatic carbocycles. The average Bonchev–Trinajstić information content (AvgIpc) is 2.85. The highest BCUT2D eigenvalue weighted by atomic mass is 32.2. The number of carbonyl (C=O) groups excluding carboxylic acids is 3. The molecule has 4 amide bonds. The molecular weight excluding hydrogens is 398 g/mol. The van der Waals surface area contributed by atoms with Gasteiger partial charge < -0.3 is 10.2 Å². The molecule has 1 saturated heterocycles. The highest BCUT2D eigenvalue weighted by Crippen LogP contribution is 2.37. The molecule has 2 heterocycles. The van der Waals surface area contributed by atoms with E-state index in [2.05, 4.69) is 12.2 Å². The second-order valence-corrected chi connectivity index (χ2v) is 9.52. The van der Waals surface area contributed by atoms with E-state index in [9.17, 15) is 14.4 Å². The number of aryl methyl sites for hydroxylation is 1. The average molecular weight is 424 g/mol. The summed E-state index contributed by atoms with van der Waals surface area (Å²) in [4.78, 5) is 42.8. The Kier molecular flexibility index (Phi) is 5.32. The number of thioether (sulfide) groups is 1. The number of nitrogens with zero attached hydrogens (tertiary/aromatic N) is 2. The minimum absolute atomic E-state index is 0.256. The van der Waals surface area contributed by atoms with E-state index in [-0.39, 0.29) is 12.5 Å². The third-order valence-electron chi connectivity index (χ3n) is 5.74. The van der Waals surface area contributed by atoms with Gasteiger partial charge in [0.05, 0.1) is 5.69 Å². The number of rotatable bonds is 3. The molecule has 0 spiro atoms. The topological polar surface area (TPSA) is 69.7 Å². The van der Waals surface area contributed by atoms with Crippen LogP contribution in [0, 0.1) is 6.92 Å². The van der Waals surface area contributed by atoms with Gasteiger partial charge in [-0.25, -0.2) is 4.79 Å². The first-order chi connectivity index (χ1) is 14.3. The number of fused-ring (bicyclic) bond motifs is 1. The van der Waals surface area contributed by atoms with Crippen molar-refractivity contribution in [3.8, 4) is 0 Å². The van der Waals surface area contributed by atoms with Gasteiger partial charge in [0.15, 0.2) is 0 Å². The summed E-state index contributed by atoms with van der Waals surface area (Å²) < 4.78 is 0. The maximum Gasteiger partial charge on any atom is 0.325 e. The first kappa shape index (κ1) is 20.5. The zero-order valence-corrected chi connectivity index (χ0v) is 18.2. The Morgan fingerprint density at radius 3 is 2.60 bits per heavy atom. The van der Waals surface area contributed by atoms with E-state index in [1.165, 1.54) is 0 Å². The van der Waals surface area contributed by atoms with Gasteiger partial charge in [-0.3, -0.25) is 14.5 Å². The van der Waals surface area contributed by atoms with E-state index in [0.29, 0.717) is 17.4 Å². The molecule has 2 aromatic carbocycles. The molecule has 2 aliphatic heterocycles. The van der Waals surface area contributed by atoms with Crippen LogP contribution < -0.4 is 10.2 Å². The Labute approximate surface area is 180 Å². The van der Waals surface area contributed by atoms with Crippen molar-refractivity contribution >= 4 is 35.3 Å². The van der Waals surface area contributed by atoms with Crippen molar-refractivity contribution in [1.29, 1.82) is 0 Å².